The van der Waals surface area contributed by atoms with Gasteiger partial charge in [0.2, 0.25) is 0 Å². The zero-order valence-electron chi connectivity index (χ0n) is 19.0. The number of halogens is 3. The highest BCUT2D eigenvalue weighted by Crippen LogP contribution is 2.28. The van der Waals surface area contributed by atoms with E-state index < -0.39 is 12.3 Å². The maximum absolute atomic E-state index is 13.0. The number of likely N-dealkylation sites (tertiary alicyclic amines) is 1. The molecule has 1 aromatic heterocycles. The van der Waals surface area contributed by atoms with E-state index in [2.05, 4.69) is 34.1 Å². The van der Waals surface area contributed by atoms with Crippen molar-refractivity contribution in [3.63, 3.8) is 0 Å². The lowest BCUT2D eigenvalue weighted by molar-refractivity contribution is -0.221. The Bertz CT molecular complexity index is 1010. The molecule has 0 aliphatic carbocycles. The number of hydrogen-bond acceptors (Lipinski definition) is 5. The first kappa shape index (κ1) is 23.1. The molecule has 0 bridgehead atoms. The molecule has 3 aliphatic heterocycles. The van der Waals surface area contributed by atoms with Gasteiger partial charge in [0.05, 0.1) is 18.7 Å². The average Bonchev–Trinajstić information content (AvgIpc) is 2.88. The molecule has 0 saturated carbocycles. The number of carbonyl (C=O) groups excluding carboxylic acids is 1. The third kappa shape index (κ3) is 4.90. The van der Waals surface area contributed by atoms with Crippen molar-refractivity contribution < 1.29 is 22.7 Å². The van der Waals surface area contributed by atoms with Crippen LogP contribution in [0, 0.1) is 0 Å². The summed E-state index contributed by atoms with van der Waals surface area (Å²) < 4.78 is 43.8. The molecule has 1 atom stereocenters. The molecule has 6 nitrogen and oxygen atoms in total. The number of aromatic nitrogens is 1. The van der Waals surface area contributed by atoms with E-state index >= 15 is 0 Å². The number of ether oxygens (including phenoxy) is 1. The minimum Gasteiger partial charge on any atom is -0.365 e. The van der Waals surface area contributed by atoms with Crippen molar-refractivity contribution in [2.75, 3.05) is 44.2 Å². The smallest absolute Gasteiger partial charge is 0.365 e. The van der Waals surface area contributed by atoms with E-state index in [-0.39, 0.29) is 19.1 Å². The first-order valence-electron chi connectivity index (χ1n) is 11.9. The number of nitrogens with zero attached hydrogens (tertiary/aromatic N) is 4. The lowest BCUT2D eigenvalue weighted by Gasteiger charge is -2.40. The summed E-state index contributed by atoms with van der Waals surface area (Å²) in [5, 5.41) is 0. The van der Waals surface area contributed by atoms with E-state index in [9.17, 15) is 18.0 Å². The molecule has 9 heteroatoms. The lowest BCUT2D eigenvalue weighted by Crippen LogP contribution is -2.49. The Hall–Kier alpha value is -2.65. The molecule has 0 radical (unpaired) electrons. The second kappa shape index (κ2) is 9.54. The van der Waals surface area contributed by atoms with Crippen molar-refractivity contribution in [1.82, 2.24) is 14.8 Å². The molecule has 182 valence electrons. The third-order valence-corrected chi connectivity index (χ3v) is 7.18. The number of anilines is 1. The molecule has 0 spiro atoms. The average molecular weight is 475 g/mol. The number of hydrogen-bond donors (Lipinski definition) is 0. The van der Waals surface area contributed by atoms with E-state index in [1.807, 2.05) is 4.90 Å². The van der Waals surface area contributed by atoms with Crippen LogP contribution >= 0.6 is 0 Å². The Kier molecular flexibility index (Phi) is 6.48. The largest absolute Gasteiger partial charge is 0.416 e. The maximum atomic E-state index is 13.0. The molecular formula is C25H29F3N4O2. The van der Waals surface area contributed by atoms with Gasteiger partial charge in [-0.3, -0.25) is 9.69 Å². The van der Waals surface area contributed by atoms with Crippen molar-refractivity contribution in [1.29, 1.82) is 0 Å². The van der Waals surface area contributed by atoms with Crippen LogP contribution in [-0.4, -0.2) is 78.3 Å². The topological polar surface area (TPSA) is 48.9 Å². The summed E-state index contributed by atoms with van der Waals surface area (Å²) in [6.45, 7) is 3.44. The molecular weight excluding hydrogens is 445 g/mol. The SMILES string of the molecule is O=C(c1ccc(N2CCOC(C(F)(F)F)C2)nc1)N1CCC(N2CCc3ccccc3C2)CC1. The summed E-state index contributed by atoms with van der Waals surface area (Å²) in [5.74, 6) is 0.356. The van der Waals surface area contributed by atoms with Crippen LogP contribution in [0.1, 0.15) is 34.3 Å². The van der Waals surface area contributed by atoms with Crippen molar-refractivity contribution in [3.8, 4) is 0 Å². The quantitative estimate of drug-likeness (QED) is 0.682. The van der Waals surface area contributed by atoms with Crippen LogP contribution in [0.2, 0.25) is 0 Å². The Morgan fingerprint density at radius 2 is 1.76 bits per heavy atom. The van der Waals surface area contributed by atoms with Crippen LogP contribution in [0.5, 0.6) is 0 Å². The summed E-state index contributed by atoms with van der Waals surface area (Å²) in [6, 6.07) is 12.4. The van der Waals surface area contributed by atoms with Gasteiger partial charge in [0.25, 0.3) is 5.91 Å². The van der Waals surface area contributed by atoms with Crippen LogP contribution in [0.3, 0.4) is 0 Å². The van der Waals surface area contributed by atoms with Gasteiger partial charge >= 0.3 is 6.18 Å². The van der Waals surface area contributed by atoms with Gasteiger partial charge in [-0.1, -0.05) is 24.3 Å². The Morgan fingerprint density at radius 1 is 1.00 bits per heavy atom. The first-order chi connectivity index (χ1) is 16.4. The second-order valence-corrected chi connectivity index (χ2v) is 9.26. The maximum Gasteiger partial charge on any atom is 0.416 e. The third-order valence-electron chi connectivity index (χ3n) is 7.18. The number of amides is 1. The zero-order valence-corrected chi connectivity index (χ0v) is 19.0. The molecule has 2 fully saturated rings. The van der Waals surface area contributed by atoms with Gasteiger partial charge in [-0.2, -0.15) is 13.2 Å². The lowest BCUT2D eigenvalue weighted by atomic mass is 9.95. The number of pyridine rings is 1. The first-order valence-corrected chi connectivity index (χ1v) is 11.9. The molecule has 4 heterocycles. The number of alkyl halides is 3. The number of morpholine rings is 1. The Morgan fingerprint density at radius 3 is 2.47 bits per heavy atom. The zero-order chi connectivity index (χ0) is 23.7. The Labute approximate surface area is 197 Å². The molecule has 2 aromatic rings. The molecule has 34 heavy (non-hydrogen) atoms. The molecule has 5 rings (SSSR count). The molecule has 1 unspecified atom stereocenters. The minimum absolute atomic E-state index is 0.00984. The molecule has 0 N–H and O–H groups in total. The summed E-state index contributed by atoms with van der Waals surface area (Å²) in [5.41, 5.74) is 3.31. The van der Waals surface area contributed by atoms with Crippen molar-refractivity contribution in [2.45, 2.75) is 44.1 Å². The van der Waals surface area contributed by atoms with Gasteiger partial charge in [0.1, 0.15) is 5.82 Å². The summed E-state index contributed by atoms with van der Waals surface area (Å²) >= 11 is 0. The van der Waals surface area contributed by atoms with E-state index in [4.69, 9.17) is 4.74 Å². The molecule has 3 aliphatic rings. The van der Waals surface area contributed by atoms with Crippen LogP contribution < -0.4 is 4.90 Å². The molecule has 2 saturated heterocycles. The van der Waals surface area contributed by atoms with Crippen LogP contribution in [0.4, 0.5) is 19.0 Å². The van der Waals surface area contributed by atoms with Gasteiger partial charge in [-0.25, -0.2) is 4.98 Å². The molecule has 1 amide bonds. The highest BCUT2D eigenvalue weighted by molar-refractivity contribution is 5.94. The fourth-order valence-corrected chi connectivity index (χ4v) is 5.20. The molecule has 1 aromatic carbocycles. The number of rotatable bonds is 3. The predicted octanol–water partition coefficient (Wildman–Crippen LogP) is 3.51. The fourth-order valence-electron chi connectivity index (χ4n) is 5.20. The standard InChI is InChI=1S/C25H29F3N4O2/c26-25(27,28)22-17-32(13-14-34-22)23-6-5-19(15-29-23)24(33)30-11-8-21(9-12-30)31-10-7-18-3-1-2-4-20(18)16-31/h1-6,15,21-22H,7-14,16-17H2. The van der Waals surface area contributed by atoms with Crippen molar-refractivity contribution in [3.05, 3.63) is 59.3 Å². The minimum atomic E-state index is -4.40. The number of benzene rings is 1. The van der Waals surface area contributed by atoms with E-state index in [1.165, 1.54) is 17.3 Å². The van der Waals surface area contributed by atoms with Gasteiger partial charge < -0.3 is 14.5 Å². The van der Waals surface area contributed by atoms with E-state index in [0.717, 1.165) is 32.4 Å². The van der Waals surface area contributed by atoms with E-state index in [1.54, 1.807) is 17.0 Å². The van der Waals surface area contributed by atoms with Crippen molar-refractivity contribution in [2.24, 2.45) is 0 Å². The number of fused-ring (bicyclic) bond motifs is 1. The monoisotopic (exact) mass is 474 g/mol. The van der Waals surface area contributed by atoms with Gasteiger partial charge in [-0.15, -0.1) is 0 Å². The van der Waals surface area contributed by atoms with Gasteiger partial charge in [0.15, 0.2) is 6.10 Å². The normalized spacial score (nSPS) is 22.5. The fraction of sp³-hybridized carbons (Fsp3) is 0.520. The van der Waals surface area contributed by atoms with Crippen LogP contribution in [-0.2, 0) is 17.7 Å². The highest BCUT2D eigenvalue weighted by Gasteiger charge is 2.43. The summed E-state index contributed by atoms with van der Waals surface area (Å²) in [6.07, 6.45) is -1.81. The second-order valence-electron chi connectivity index (χ2n) is 9.26. The highest BCUT2D eigenvalue weighted by atomic mass is 19.4. The van der Waals surface area contributed by atoms with Crippen LogP contribution in [0.15, 0.2) is 42.6 Å². The predicted molar refractivity (Wildman–Crippen MR) is 122 cm³/mol. The summed E-state index contributed by atoms with van der Waals surface area (Å²) in [4.78, 5) is 23.3. The Balaban J connectivity index is 1.15. The summed E-state index contributed by atoms with van der Waals surface area (Å²) in [7, 11) is 0. The number of piperidine rings is 1. The van der Waals surface area contributed by atoms with E-state index in [0.29, 0.717) is 37.1 Å². The van der Waals surface area contributed by atoms with Gasteiger partial charge in [0, 0.05) is 45.0 Å². The van der Waals surface area contributed by atoms with Crippen LogP contribution in [0.25, 0.3) is 0 Å². The van der Waals surface area contributed by atoms with Crippen molar-refractivity contribution >= 4 is 11.7 Å². The van der Waals surface area contributed by atoms with Gasteiger partial charge in [-0.05, 0) is 42.5 Å². The number of carbonyl (C=O) groups is 1.